The van der Waals surface area contributed by atoms with Crippen LogP contribution in [-0.2, 0) is 13.0 Å². The minimum absolute atomic E-state index is 0.679. The van der Waals surface area contributed by atoms with Crippen LogP contribution in [0.2, 0.25) is 0 Å². The number of rotatable bonds is 9. The fourth-order valence-corrected chi connectivity index (χ4v) is 4.49. The molecule has 170 valence electrons. The van der Waals surface area contributed by atoms with Gasteiger partial charge in [-0.3, -0.25) is 9.89 Å². The number of guanidine groups is 1. The van der Waals surface area contributed by atoms with Gasteiger partial charge in [0.2, 0.25) is 0 Å². The quantitative estimate of drug-likeness (QED) is 0.457. The molecule has 0 bridgehead atoms. The molecular formula is C23H35N5O2S. The van der Waals surface area contributed by atoms with Crippen LogP contribution >= 0.6 is 11.3 Å². The molecule has 3 rings (SSSR count). The van der Waals surface area contributed by atoms with Gasteiger partial charge < -0.3 is 20.1 Å². The van der Waals surface area contributed by atoms with Crippen LogP contribution < -0.4 is 20.1 Å². The number of aliphatic imine (C=N–C) groups is 1. The third-order valence-corrected chi connectivity index (χ3v) is 6.52. The number of nitrogens with zero attached hydrogens (tertiary/aromatic N) is 3. The van der Waals surface area contributed by atoms with Gasteiger partial charge in [-0.15, -0.1) is 11.3 Å². The number of aromatic nitrogens is 1. The van der Waals surface area contributed by atoms with Gasteiger partial charge >= 0.3 is 0 Å². The molecule has 0 saturated carbocycles. The summed E-state index contributed by atoms with van der Waals surface area (Å²) in [5.74, 6) is 3.06. The number of hydrogen-bond acceptors (Lipinski definition) is 6. The lowest BCUT2D eigenvalue weighted by molar-refractivity contribution is 0.176. The molecule has 7 nitrogen and oxygen atoms in total. The molecule has 1 aromatic carbocycles. The number of thiazole rings is 1. The zero-order valence-corrected chi connectivity index (χ0v) is 19.9. The van der Waals surface area contributed by atoms with Crippen LogP contribution in [-0.4, -0.2) is 63.3 Å². The van der Waals surface area contributed by atoms with E-state index in [0.717, 1.165) is 61.6 Å². The van der Waals surface area contributed by atoms with E-state index in [1.807, 2.05) is 19.2 Å². The molecule has 0 spiro atoms. The average Bonchev–Trinajstić information content (AvgIpc) is 3.21. The van der Waals surface area contributed by atoms with Crippen molar-refractivity contribution in [1.82, 2.24) is 20.5 Å². The second-order valence-electron chi connectivity index (χ2n) is 7.90. The molecule has 2 aromatic rings. The smallest absolute Gasteiger partial charge is 0.190 e. The highest BCUT2D eigenvalue weighted by molar-refractivity contribution is 7.09. The molecule has 0 aliphatic carbocycles. The maximum absolute atomic E-state index is 5.39. The van der Waals surface area contributed by atoms with Crippen molar-refractivity contribution in [2.45, 2.75) is 32.7 Å². The maximum atomic E-state index is 5.39. The van der Waals surface area contributed by atoms with Gasteiger partial charge in [0.25, 0.3) is 0 Å². The molecule has 0 unspecified atom stereocenters. The van der Waals surface area contributed by atoms with E-state index in [2.05, 4.69) is 43.9 Å². The molecule has 1 fully saturated rings. The van der Waals surface area contributed by atoms with Crippen molar-refractivity contribution >= 4 is 17.3 Å². The van der Waals surface area contributed by atoms with E-state index in [4.69, 9.17) is 9.47 Å². The zero-order valence-electron chi connectivity index (χ0n) is 19.1. The van der Waals surface area contributed by atoms with Crippen LogP contribution in [0.4, 0.5) is 0 Å². The van der Waals surface area contributed by atoms with E-state index >= 15 is 0 Å². The summed E-state index contributed by atoms with van der Waals surface area (Å²) < 4.78 is 10.7. The van der Waals surface area contributed by atoms with Crippen molar-refractivity contribution in [3.8, 4) is 11.5 Å². The Morgan fingerprint density at radius 1 is 1.19 bits per heavy atom. The highest BCUT2D eigenvalue weighted by atomic mass is 32.1. The molecule has 1 aromatic heterocycles. The maximum Gasteiger partial charge on any atom is 0.190 e. The highest BCUT2D eigenvalue weighted by Crippen LogP contribution is 2.27. The lowest BCUT2D eigenvalue weighted by atomic mass is 9.97. The predicted octanol–water partition coefficient (Wildman–Crippen LogP) is 3.09. The summed E-state index contributed by atoms with van der Waals surface area (Å²) in [6, 6.07) is 6.04. The number of methoxy groups -OCH3 is 2. The summed E-state index contributed by atoms with van der Waals surface area (Å²) in [5.41, 5.74) is 2.40. The Kier molecular flexibility index (Phi) is 8.97. The lowest BCUT2D eigenvalue weighted by Gasteiger charge is -2.31. The molecule has 2 heterocycles. The summed E-state index contributed by atoms with van der Waals surface area (Å²) in [4.78, 5) is 11.5. The molecule has 1 aliphatic rings. The monoisotopic (exact) mass is 445 g/mol. The first kappa shape index (κ1) is 23.3. The van der Waals surface area contributed by atoms with Gasteiger partial charge in [-0.25, -0.2) is 4.98 Å². The van der Waals surface area contributed by atoms with Gasteiger partial charge in [-0.05, 0) is 62.9 Å². The van der Waals surface area contributed by atoms with Crippen molar-refractivity contribution in [2.75, 3.05) is 47.4 Å². The Hall–Kier alpha value is -2.32. The van der Waals surface area contributed by atoms with Gasteiger partial charge in [0.15, 0.2) is 17.5 Å². The van der Waals surface area contributed by atoms with Crippen LogP contribution in [0.25, 0.3) is 0 Å². The fraction of sp³-hybridized carbons (Fsp3) is 0.565. The number of ether oxygens (including phenoxy) is 2. The van der Waals surface area contributed by atoms with Gasteiger partial charge in [0.1, 0.15) is 0 Å². The highest BCUT2D eigenvalue weighted by Gasteiger charge is 2.20. The van der Waals surface area contributed by atoms with Crippen molar-refractivity contribution in [3.05, 3.63) is 39.8 Å². The second-order valence-corrected chi connectivity index (χ2v) is 8.96. The number of aryl methyl sites for hydroxylation is 1. The molecule has 0 radical (unpaired) electrons. The number of likely N-dealkylation sites (tertiary alicyclic amines) is 1. The summed E-state index contributed by atoms with van der Waals surface area (Å²) >= 11 is 1.74. The van der Waals surface area contributed by atoms with Crippen LogP contribution in [0.5, 0.6) is 11.5 Å². The van der Waals surface area contributed by atoms with Gasteiger partial charge in [0, 0.05) is 32.1 Å². The summed E-state index contributed by atoms with van der Waals surface area (Å²) in [6.07, 6.45) is 3.30. The predicted molar refractivity (Wildman–Crippen MR) is 127 cm³/mol. The van der Waals surface area contributed by atoms with Crippen LogP contribution in [0.1, 0.15) is 29.1 Å². The number of hydrogen-bond donors (Lipinski definition) is 2. The molecule has 2 N–H and O–H groups in total. The van der Waals surface area contributed by atoms with Crippen LogP contribution in [0.15, 0.2) is 28.6 Å². The summed E-state index contributed by atoms with van der Waals surface area (Å²) in [6.45, 7) is 7.08. The largest absolute Gasteiger partial charge is 0.493 e. The first-order valence-electron chi connectivity index (χ1n) is 10.9. The van der Waals surface area contributed by atoms with Crippen molar-refractivity contribution in [1.29, 1.82) is 0 Å². The van der Waals surface area contributed by atoms with E-state index in [1.165, 1.54) is 24.1 Å². The number of piperidine rings is 1. The molecule has 0 amide bonds. The Bertz CT molecular complexity index is 846. The molecule has 8 heteroatoms. The van der Waals surface area contributed by atoms with Crippen molar-refractivity contribution in [2.24, 2.45) is 10.9 Å². The SMILES string of the molecule is CN=C(NCCc1ccc(OC)c(OC)c1)NCC1CCN(Cc2csc(C)n2)CC1. The normalized spacial score (nSPS) is 15.7. The minimum atomic E-state index is 0.679. The first-order chi connectivity index (χ1) is 15.1. The summed E-state index contributed by atoms with van der Waals surface area (Å²) in [7, 11) is 5.14. The Morgan fingerprint density at radius 3 is 2.61 bits per heavy atom. The second kappa shape index (κ2) is 11.9. The first-order valence-corrected chi connectivity index (χ1v) is 11.8. The average molecular weight is 446 g/mol. The Labute approximate surface area is 189 Å². The fourth-order valence-electron chi connectivity index (χ4n) is 3.88. The van der Waals surface area contributed by atoms with Crippen molar-refractivity contribution in [3.63, 3.8) is 0 Å². The van der Waals surface area contributed by atoms with E-state index in [9.17, 15) is 0 Å². The topological polar surface area (TPSA) is 71.0 Å². The lowest BCUT2D eigenvalue weighted by Crippen LogP contribution is -2.43. The molecular weight excluding hydrogens is 410 g/mol. The van der Waals surface area contributed by atoms with Crippen LogP contribution in [0, 0.1) is 12.8 Å². The standard InChI is InChI=1S/C23H35N5O2S/c1-17-27-20(16-31-17)15-28-11-8-19(9-12-28)14-26-23(24-2)25-10-7-18-5-6-21(29-3)22(13-18)30-4/h5-6,13,16,19H,7-12,14-15H2,1-4H3,(H2,24,25,26). The van der Waals surface area contributed by atoms with Gasteiger partial charge in [-0.1, -0.05) is 6.07 Å². The Balaban J connectivity index is 1.35. The zero-order chi connectivity index (χ0) is 22.1. The van der Waals surface area contributed by atoms with E-state index < -0.39 is 0 Å². The number of benzene rings is 1. The summed E-state index contributed by atoms with van der Waals surface area (Å²) in [5, 5.41) is 10.2. The van der Waals surface area contributed by atoms with Gasteiger partial charge in [0.05, 0.1) is 24.9 Å². The molecule has 1 aliphatic heterocycles. The van der Waals surface area contributed by atoms with E-state index in [0.29, 0.717) is 5.92 Å². The third kappa shape index (κ3) is 7.11. The van der Waals surface area contributed by atoms with Gasteiger partial charge in [-0.2, -0.15) is 0 Å². The van der Waals surface area contributed by atoms with E-state index in [1.54, 1.807) is 25.6 Å². The van der Waals surface area contributed by atoms with Crippen LogP contribution in [0.3, 0.4) is 0 Å². The minimum Gasteiger partial charge on any atom is -0.493 e. The molecule has 31 heavy (non-hydrogen) atoms. The molecule has 0 atom stereocenters. The van der Waals surface area contributed by atoms with Crippen molar-refractivity contribution < 1.29 is 9.47 Å². The number of nitrogens with one attached hydrogen (secondary N) is 2. The van der Waals surface area contributed by atoms with E-state index in [-0.39, 0.29) is 0 Å². The Morgan fingerprint density at radius 2 is 1.97 bits per heavy atom. The third-order valence-electron chi connectivity index (χ3n) is 5.70. The molecule has 1 saturated heterocycles.